The van der Waals surface area contributed by atoms with Crippen LogP contribution in [-0.4, -0.2) is 28.2 Å². The molecule has 0 saturated heterocycles. The van der Waals surface area contributed by atoms with Crippen LogP contribution in [0.25, 0.3) is 0 Å². The summed E-state index contributed by atoms with van der Waals surface area (Å²) in [6.07, 6.45) is 1.27. The van der Waals surface area contributed by atoms with Crippen LogP contribution in [0.1, 0.15) is 10.6 Å². The van der Waals surface area contributed by atoms with E-state index in [1.807, 2.05) is 0 Å². The lowest BCUT2D eigenvalue weighted by molar-refractivity contribution is 0.101. The molecule has 7 heteroatoms. The van der Waals surface area contributed by atoms with Crippen molar-refractivity contribution >= 4 is 27.5 Å². The second kappa shape index (κ2) is 4.96. The van der Waals surface area contributed by atoms with Crippen molar-refractivity contribution in [2.45, 2.75) is 0 Å². The van der Waals surface area contributed by atoms with Gasteiger partial charge in [-0.3, -0.25) is 9.89 Å². The topological polar surface area (TPSA) is 79.9 Å². The highest BCUT2D eigenvalue weighted by atomic mass is 79.9. The number of ether oxygens (including phenoxy) is 1. The molecule has 0 radical (unpaired) electrons. The monoisotopic (exact) mass is 296 g/mol. The number of carbonyl (C=O) groups is 1. The summed E-state index contributed by atoms with van der Waals surface area (Å²) in [5, 5.41) is 8.78. The molecule has 6 nitrogen and oxygen atoms in total. The third kappa shape index (κ3) is 2.62. The van der Waals surface area contributed by atoms with Crippen molar-refractivity contribution in [1.82, 2.24) is 15.2 Å². The number of nitrogens with zero attached hydrogens (tertiary/aromatic N) is 2. The number of benzene rings is 1. The summed E-state index contributed by atoms with van der Waals surface area (Å²) in [4.78, 5) is 15.5. The van der Waals surface area contributed by atoms with Crippen molar-refractivity contribution in [2.75, 3.05) is 12.4 Å². The van der Waals surface area contributed by atoms with E-state index in [-0.39, 0.29) is 11.7 Å². The molecule has 0 saturated carbocycles. The molecule has 0 aliphatic rings. The number of carbonyl (C=O) groups excluding carboxylic acids is 1. The standard InChI is InChI=1S/C10H9BrN4O2/c1-17-6-2-3-7(11)8(4-6)14-10(16)9-12-5-13-15-9/h2-5H,1H3,(H,14,16)(H,12,13,15). The van der Waals surface area contributed by atoms with Crippen molar-refractivity contribution < 1.29 is 9.53 Å². The predicted molar refractivity (Wildman–Crippen MR) is 65.0 cm³/mol. The number of aromatic amines is 1. The van der Waals surface area contributed by atoms with E-state index in [0.717, 1.165) is 4.47 Å². The van der Waals surface area contributed by atoms with Crippen LogP contribution < -0.4 is 10.1 Å². The van der Waals surface area contributed by atoms with Crippen LogP contribution in [-0.2, 0) is 0 Å². The molecule has 88 valence electrons. The molecule has 0 atom stereocenters. The second-order valence-corrected chi connectivity index (χ2v) is 3.99. The zero-order chi connectivity index (χ0) is 12.3. The molecule has 0 spiro atoms. The first-order valence-electron chi connectivity index (χ1n) is 4.71. The fraction of sp³-hybridized carbons (Fsp3) is 0.100. The van der Waals surface area contributed by atoms with Gasteiger partial charge in [0.1, 0.15) is 12.1 Å². The molecular formula is C10H9BrN4O2. The summed E-state index contributed by atoms with van der Waals surface area (Å²) >= 11 is 3.33. The Labute approximate surface area is 106 Å². The Kier molecular flexibility index (Phi) is 3.38. The van der Waals surface area contributed by atoms with Crippen LogP contribution in [0.4, 0.5) is 5.69 Å². The third-order valence-corrected chi connectivity index (χ3v) is 2.74. The van der Waals surface area contributed by atoms with E-state index in [2.05, 4.69) is 36.4 Å². The number of H-pyrrole nitrogens is 1. The number of hydrogen-bond acceptors (Lipinski definition) is 4. The SMILES string of the molecule is COc1ccc(Br)c(NC(=O)c2ncn[nH]2)c1. The maximum atomic E-state index is 11.7. The van der Waals surface area contributed by atoms with Gasteiger partial charge in [-0.2, -0.15) is 5.10 Å². The van der Waals surface area contributed by atoms with Crippen LogP contribution in [0.15, 0.2) is 29.0 Å². The molecule has 17 heavy (non-hydrogen) atoms. The molecule has 2 aromatic rings. The zero-order valence-electron chi connectivity index (χ0n) is 8.90. The smallest absolute Gasteiger partial charge is 0.293 e. The van der Waals surface area contributed by atoms with E-state index in [4.69, 9.17) is 4.74 Å². The highest BCUT2D eigenvalue weighted by molar-refractivity contribution is 9.10. The number of aromatic nitrogens is 3. The van der Waals surface area contributed by atoms with Crippen LogP contribution in [0.5, 0.6) is 5.75 Å². The average molecular weight is 297 g/mol. The van der Waals surface area contributed by atoms with E-state index < -0.39 is 0 Å². The summed E-state index contributed by atoms with van der Waals surface area (Å²) in [7, 11) is 1.56. The van der Waals surface area contributed by atoms with E-state index in [9.17, 15) is 4.79 Å². The van der Waals surface area contributed by atoms with Crippen LogP contribution in [0.2, 0.25) is 0 Å². The van der Waals surface area contributed by atoms with E-state index in [0.29, 0.717) is 11.4 Å². The first-order chi connectivity index (χ1) is 8.20. The first kappa shape index (κ1) is 11.6. The quantitative estimate of drug-likeness (QED) is 0.905. The third-order valence-electron chi connectivity index (χ3n) is 2.05. The van der Waals surface area contributed by atoms with Gasteiger partial charge in [-0.25, -0.2) is 4.98 Å². The minimum atomic E-state index is -0.364. The van der Waals surface area contributed by atoms with Gasteiger partial charge in [0.2, 0.25) is 5.82 Å². The number of hydrogen-bond donors (Lipinski definition) is 2. The Hall–Kier alpha value is -1.89. The van der Waals surface area contributed by atoms with Gasteiger partial charge in [0, 0.05) is 10.5 Å². The Morgan fingerprint density at radius 2 is 2.35 bits per heavy atom. The Morgan fingerprint density at radius 1 is 1.53 bits per heavy atom. The predicted octanol–water partition coefficient (Wildman–Crippen LogP) is 1.83. The lowest BCUT2D eigenvalue weighted by Gasteiger charge is -2.07. The maximum Gasteiger partial charge on any atom is 0.293 e. The van der Waals surface area contributed by atoms with Gasteiger partial charge >= 0.3 is 0 Å². The minimum Gasteiger partial charge on any atom is -0.497 e. The highest BCUT2D eigenvalue weighted by Crippen LogP contribution is 2.27. The first-order valence-corrected chi connectivity index (χ1v) is 5.50. The van der Waals surface area contributed by atoms with Crippen molar-refractivity contribution in [3.05, 3.63) is 34.8 Å². The maximum absolute atomic E-state index is 11.7. The number of amides is 1. The van der Waals surface area contributed by atoms with Crippen molar-refractivity contribution in [2.24, 2.45) is 0 Å². The molecule has 0 fully saturated rings. The van der Waals surface area contributed by atoms with Gasteiger partial charge < -0.3 is 10.1 Å². The van der Waals surface area contributed by atoms with E-state index >= 15 is 0 Å². The molecule has 1 aromatic heterocycles. The van der Waals surface area contributed by atoms with Gasteiger partial charge in [-0.1, -0.05) is 0 Å². The number of nitrogens with one attached hydrogen (secondary N) is 2. The molecule has 1 aromatic carbocycles. The molecule has 0 aliphatic heterocycles. The van der Waals surface area contributed by atoms with Crippen LogP contribution in [0.3, 0.4) is 0 Å². The zero-order valence-corrected chi connectivity index (χ0v) is 10.5. The Bertz CT molecular complexity index is 527. The van der Waals surface area contributed by atoms with Gasteiger partial charge in [-0.05, 0) is 28.1 Å². The van der Waals surface area contributed by atoms with E-state index in [1.54, 1.807) is 25.3 Å². The van der Waals surface area contributed by atoms with Gasteiger partial charge in [-0.15, -0.1) is 0 Å². The Morgan fingerprint density at radius 3 is 3.00 bits per heavy atom. The number of halogens is 1. The molecular weight excluding hydrogens is 288 g/mol. The van der Waals surface area contributed by atoms with Crippen molar-refractivity contribution in [3.8, 4) is 5.75 Å². The summed E-state index contributed by atoms with van der Waals surface area (Å²) in [5.41, 5.74) is 0.603. The van der Waals surface area contributed by atoms with Crippen molar-refractivity contribution in [1.29, 1.82) is 0 Å². The normalized spacial score (nSPS) is 10.0. The fourth-order valence-corrected chi connectivity index (χ4v) is 1.57. The lowest BCUT2D eigenvalue weighted by Crippen LogP contribution is -2.14. The van der Waals surface area contributed by atoms with Gasteiger partial charge in [0.05, 0.1) is 12.8 Å². The fourth-order valence-electron chi connectivity index (χ4n) is 1.22. The van der Waals surface area contributed by atoms with Crippen LogP contribution in [0, 0.1) is 0 Å². The van der Waals surface area contributed by atoms with E-state index in [1.165, 1.54) is 6.33 Å². The summed E-state index contributed by atoms with van der Waals surface area (Å²) in [5.74, 6) is 0.442. The number of anilines is 1. The number of rotatable bonds is 3. The molecule has 0 unspecified atom stereocenters. The molecule has 2 N–H and O–H groups in total. The molecule has 0 bridgehead atoms. The summed E-state index contributed by atoms with van der Waals surface area (Å²) in [6, 6.07) is 5.28. The summed E-state index contributed by atoms with van der Waals surface area (Å²) < 4.78 is 5.83. The second-order valence-electron chi connectivity index (χ2n) is 3.13. The van der Waals surface area contributed by atoms with Crippen LogP contribution >= 0.6 is 15.9 Å². The van der Waals surface area contributed by atoms with Crippen molar-refractivity contribution in [3.63, 3.8) is 0 Å². The van der Waals surface area contributed by atoms with Gasteiger partial charge in [0.25, 0.3) is 5.91 Å². The van der Waals surface area contributed by atoms with Gasteiger partial charge in [0.15, 0.2) is 0 Å². The average Bonchev–Trinajstić information content (AvgIpc) is 2.85. The Balaban J connectivity index is 2.21. The largest absolute Gasteiger partial charge is 0.497 e. The summed E-state index contributed by atoms with van der Waals surface area (Å²) in [6.45, 7) is 0. The molecule has 0 aliphatic carbocycles. The number of methoxy groups -OCH3 is 1. The molecule has 2 rings (SSSR count). The molecule has 1 heterocycles. The lowest BCUT2D eigenvalue weighted by atomic mass is 10.3. The minimum absolute atomic E-state index is 0.153. The highest BCUT2D eigenvalue weighted by Gasteiger charge is 2.11. The molecule has 1 amide bonds.